The van der Waals surface area contributed by atoms with Gasteiger partial charge in [0.1, 0.15) is 5.69 Å². The molecule has 1 aromatic rings. The van der Waals surface area contributed by atoms with Crippen molar-refractivity contribution in [1.82, 2.24) is 19.6 Å². The molecule has 1 unspecified atom stereocenters. The predicted molar refractivity (Wildman–Crippen MR) is 82.3 cm³/mol. The molecule has 0 N–H and O–H groups in total. The number of carbonyl (C=O) groups is 2. The molecule has 0 aliphatic carbocycles. The van der Waals surface area contributed by atoms with Crippen LogP contribution in [-0.2, 0) is 11.8 Å². The second-order valence-electron chi connectivity index (χ2n) is 6.35. The van der Waals surface area contributed by atoms with E-state index in [1.165, 1.54) is 0 Å². The lowest BCUT2D eigenvalue weighted by Crippen LogP contribution is -2.46. The number of aryl methyl sites for hydroxylation is 1. The summed E-state index contributed by atoms with van der Waals surface area (Å²) in [6, 6.07) is 1.76. The third-order valence-corrected chi connectivity index (χ3v) is 5.24. The van der Waals surface area contributed by atoms with E-state index in [4.69, 9.17) is 0 Å². The van der Waals surface area contributed by atoms with Crippen LogP contribution in [0.3, 0.4) is 0 Å². The highest BCUT2D eigenvalue weighted by Crippen LogP contribution is 2.38. The minimum absolute atomic E-state index is 0.0205. The fraction of sp³-hybridized carbons (Fsp3) is 0.688. The standard InChI is InChI=1S/C16H24N4O2/c1-3-20-14(21)5-8-16(20)7-4-11-19(12-9-16)15(22)13-6-10-17-18(13)2/h6,10H,3-5,7-9,11-12H2,1-2H3. The van der Waals surface area contributed by atoms with Crippen molar-refractivity contribution in [1.29, 1.82) is 0 Å². The van der Waals surface area contributed by atoms with Crippen LogP contribution in [0.4, 0.5) is 0 Å². The monoisotopic (exact) mass is 304 g/mol. The zero-order valence-corrected chi connectivity index (χ0v) is 13.4. The van der Waals surface area contributed by atoms with Gasteiger partial charge in [0.25, 0.3) is 5.91 Å². The molecule has 2 aliphatic rings. The molecule has 3 heterocycles. The summed E-state index contributed by atoms with van der Waals surface area (Å²) < 4.78 is 1.63. The molecule has 120 valence electrons. The van der Waals surface area contributed by atoms with Gasteiger partial charge in [0.05, 0.1) is 0 Å². The summed E-state index contributed by atoms with van der Waals surface area (Å²) >= 11 is 0. The molecule has 2 fully saturated rings. The first kappa shape index (κ1) is 15.1. The number of nitrogens with zero attached hydrogens (tertiary/aromatic N) is 4. The molecule has 3 rings (SSSR count). The predicted octanol–water partition coefficient (Wildman–Crippen LogP) is 1.43. The van der Waals surface area contributed by atoms with E-state index < -0.39 is 0 Å². The van der Waals surface area contributed by atoms with Crippen molar-refractivity contribution in [3.8, 4) is 0 Å². The van der Waals surface area contributed by atoms with Gasteiger partial charge in [-0.25, -0.2) is 0 Å². The molecule has 0 saturated carbocycles. The molecule has 6 heteroatoms. The van der Waals surface area contributed by atoms with Crippen LogP contribution in [0.5, 0.6) is 0 Å². The topological polar surface area (TPSA) is 58.4 Å². The van der Waals surface area contributed by atoms with Gasteiger partial charge in [-0.2, -0.15) is 5.10 Å². The van der Waals surface area contributed by atoms with Gasteiger partial charge in [-0.3, -0.25) is 14.3 Å². The van der Waals surface area contributed by atoms with E-state index in [0.717, 1.165) is 38.8 Å². The van der Waals surface area contributed by atoms with Crippen molar-refractivity contribution in [2.75, 3.05) is 19.6 Å². The van der Waals surface area contributed by atoms with Gasteiger partial charge in [0, 0.05) is 44.8 Å². The molecule has 2 amide bonds. The van der Waals surface area contributed by atoms with Crippen LogP contribution >= 0.6 is 0 Å². The van der Waals surface area contributed by atoms with Crippen molar-refractivity contribution < 1.29 is 9.59 Å². The summed E-state index contributed by atoms with van der Waals surface area (Å²) in [4.78, 5) is 28.7. The zero-order chi connectivity index (χ0) is 15.7. The number of likely N-dealkylation sites (tertiary alicyclic amines) is 2. The quantitative estimate of drug-likeness (QED) is 0.830. The van der Waals surface area contributed by atoms with Crippen LogP contribution in [0.15, 0.2) is 12.3 Å². The second kappa shape index (κ2) is 5.74. The highest BCUT2D eigenvalue weighted by molar-refractivity contribution is 5.92. The maximum absolute atomic E-state index is 12.6. The molecule has 1 atom stereocenters. The summed E-state index contributed by atoms with van der Waals surface area (Å²) in [5, 5.41) is 4.08. The van der Waals surface area contributed by atoms with Crippen LogP contribution in [0.2, 0.25) is 0 Å². The normalized spacial score (nSPS) is 25.8. The fourth-order valence-corrected chi connectivity index (χ4v) is 4.03. The number of aromatic nitrogens is 2. The average molecular weight is 304 g/mol. The number of carbonyl (C=O) groups excluding carboxylic acids is 2. The first-order chi connectivity index (χ1) is 10.6. The lowest BCUT2D eigenvalue weighted by Gasteiger charge is -2.37. The van der Waals surface area contributed by atoms with Crippen LogP contribution in [-0.4, -0.2) is 56.6 Å². The van der Waals surface area contributed by atoms with Gasteiger partial charge in [-0.1, -0.05) is 0 Å². The third kappa shape index (κ3) is 2.40. The lowest BCUT2D eigenvalue weighted by atomic mass is 9.88. The SMILES string of the molecule is CCN1C(=O)CCC12CCCN(C(=O)c1ccnn1C)CC2. The smallest absolute Gasteiger partial charge is 0.272 e. The molecule has 2 aliphatic heterocycles. The number of rotatable bonds is 2. The summed E-state index contributed by atoms with van der Waals surface area (Å²) in [6.07, 6.45) is 6.09. The minimum Gasteiger partial charge on any atom is -0.337 e. The van der Waals surface area contributed by atoms with E-state index in [1.54, 1.807) is 24.0 Å². The number of hydrogen-bond acceptors (Lipinski definition) is 3. The zero-order valence-electron chi connectivity index (χ0n) is 13.4. The number of hydrogen-bond donors (Lipinski definition) is 0. The summed E-state index contributed by atoms with van der Waals surface area (Å²) in [5.74, 6) is 0.318. The average Bonchev–Trinajstić information content (AvgIpc) is 2.98. The number of amides is 2. The Morgan fingerprint density at radius 2 is 2.14 bits per heavy atom. The summed E-state index contributed by atoms with van der Waals surface area (Å²) in [5.41, 5.74) is 0.610. The second-order valence-corrected chi connectivity index (χ2v) is 6.35. The Bertz CT molecular complexity index is 582. The van der Waals surface area contributed by atoms with Crippen molar-refractivity contribution in [3.05, 3.63) is 18.0 Å². The Labute approximate surface area is 131 Å². The molecule has 0 aromatic carbocycles. The molecule has 22 heavy (non-hydrogen) atoms. The summed E-state index contributed by atoms with van der Waals surface area (Å²) in [6.45, 7) is 4.30. The lowest BCUT2D eigenvalue weighted by molar-refractivity contribution is -0.131. The van der Waals surface area contributed by atoms with Crippen molar-refractivity contribution in [3.63, 3.8) is 0 Å². The molecular weight excluding hydrogens is 280 g/mol. The molecule has 0 radical (unpaired) electrons. The van der Waals surface area contributed by atoms with Gasteiger partial charge in [-0.05, 0) is 38.7 Å². The maximum atomic E-state index is 12.6. The van der Waals surface area contributed by atoms with E-state index in [1.807, 2.05) is 9.80 Å². The Morgan fingerprint density at radius 3 is 2.82 bits per heavy atom. The van der Waals surface area contributed by atoms with Gasteiger partial charge < -0.3 is 9.80 Å². The molecule has 0 bridgehead atoms. The van der Waals surface area contributed by atoms with Crippen molar-refractivity contribution >= 4 is 11.8 Å². The van der Waals surface area contributed by atoms with Crippen LogP contribution in [0, 0.1) is 0 Å². The highest BCUT2D eigenvalue weighted by Gasteiger charge is 2.45. The van der Waals surface area contributed by atoms with E-state index in [0.29, 0.717) is 18.7 Å². The Balaban J connectivity index is 1.74. The Hall–Kier alpha value is -1.85. The van der Waals surface area contributed by atoms with Gasteiger partial charge in [-0.15, -0.1) is 0 Å². The van der Waals surface area contributed by atoms with Crippen molar-refractivity contribution in [2.45, 2.75) is 44.6 Å². The third-order valence-electron chi connectivity index (χ3n) is 5.24. The van der Waals surface area contributed by atoms with E-state index in [2.05, 4.69) is 12.0 Å². The van der Waals surface area contributed by atoms with Gasteiger partial charge >= 0.3 is 0 Å². The Morgan fingerprint density at radius 1 is 1.32 bits per heavy atom. The van der Waals surface area contributed by atoms with E-state index in [9.17, 15) is 9.59 Å². The Kier molecular flexibility index (Phi) is 3.93. The van der Waals surface area contributed by atoms with Crippen LogP contribution in [0.25, 0.3) is 0 Å². The fourth-order valence-electron chi connectivity index (χ4n) is 4.03. The summed E-state index contributed by atoms with van der Waals surface area (Å²) in [7, 11) is 1.79. The molecule has 6 nitrogen and oxygen atoms in total. The molecule has 1 aromatic heterocycles. The van der Waals surface area contributed by atoms with Crippen LogP contribution < -0.4 is 0 Å². The van der Waals surface area contributed by atoms with Gasteiger partial charge in [0.2, 0.25) is 5.91 Å². The maximum Gasteiger partial charge on any atom is 0.272 e. The van der Waals surface area contributed by atoms with E-state index >= 15 is 0 Å². The van der Waals surface area contributed by atoms with E-state index in [-0.39, 0.29) is 17.4 Å². The highest BCUT2D eigenvalue weighted by atomic mass is 16.2. The molecule has 1 spiro atoms. The first-order valence-electron chi connectivity index (χ1n) is 8.15. The van der Waals surface area contributed by atoms with Gasteiger partial charge in [0.15, 0.2) is 0 Å². The van der Waals surface area contributed by atoms with Crippen molar-refractivity contribution in [2.24, 2.45) is 7.05 Å². The molecule has 2 saturated heterocycles. The largest absolute Gasteiger partial charge is 0.337 e. The first-order valence-corrected chi connectivity index (χ1v) is 8.15. The van der Waals surface area contributed by atoms with Crippen LogP contribution in [0.1, 0.15) is 49.5 Å². The molecular formula is C16H24N4O2. The minimum atomic E-state index is -0.0205.